The van der Waals surface area contributed by atoms with E-state index in [4.69, 9.17) is 5.73 Å². The fraction of sp³-hybridized carbons (Fsp3) is 0.333. The fourth-order valence-corrected chi connectivity index (χ4v) is 3.20. The SMILES string of the molecule is NCc1nc(C(=O)Nc2c(F)cccc2N2CCCC2)cs1. The summed E-state index contributed by atoms with van der Waals surface area (Å²) >= 11 is 1.32. The second-order valence-electron chi connectivity index (χ2n) is 5.11. The number of amides is 1. The van der Waals surface area contributed by atoms with Crippen molar-refractivity contribution in [2.75, 3.05) is 23.3 Å². The topological polar surface area (TPSA) is 71.2 Å². The van der Waals surface area contributed by atoms with Gasteiger partial charge in [0, 0.05) is 25.0 Å². The van der Waals surface area contributed by atoms with Gasteiger partial charge in [0.1, 0.15) is 22.2 Å². The van der Waals surface area contributed by atoms with Gasteiger partial charge in [0.05, 0.1) is 5.69 Å². The maximum Gasteiger partial charge on any atom is 0.275 e. The first kappa shape index (κ1) is 14.9. The van der Waals surface area contributed by atoms with Crippen molar-refractivity contribution in [2.24, 2.45) is 5.73 Å². The van der Waals surface area contributed by atoms with Gasteiger partial charge in [-0.15, -0.1) is 11.3 Å². The van der Waals surface area contributed by atoms with Crippen molar-refractivity contribution in [3.8, 4) is 0 Å². The monoisotopic (exact) mass is 320 g/mol. The molecule has 1 amide bonds. The van der Waals surface area contributed by atoms with E-state index in [9.17, 15) is 9.18 Å². The summed E-state index contributed by atoms with van der Waals surface area (Å²) in [6, 6.07) is 4.84. The lowest BCUT2D eigenvalue weighted by molar-refractivity contribution is 0.102. The van der Waals surface area contributed by atoms with Gasteiger partial charge in [-0.1, -0.05) is 6.07 Å². The molecular weight excluding hydrogens is 303 g/mol. The predicted octanol–water partition coefficient (Wildman–Crippen LogP) is 2.59. The molecule has 5 nitrogen and oxygen atoms in total. The Morgan fingerprint density at radius 1 is 1.41 bits per heavy atom. The number of halogens is 1. The minimum Gasteiger partial charge on any atom is -0.370 e. The Morgan fingerprint density at radius 2 is 2.18 bits per heavy atom. The number of benzene rings is 1. The third kappa shape index (κ3) is 2.95. The highest BCUT2D eigenvalue weighted by molar-refractivity contribution is 7.09. The van der Waals surface area contributed by atoms with Crippen LogP contribution in [-0.4, -0.2) is 24.0 Å². The number of carbonyl (C=O) groups is 1. The van der Waals surface area contributed by atoms with E-state index < -0.39 is 11.7 Å². The zero-order valence-electron chi connectivity index (χ0n) is 12.0. The molecule has 22 heavy (non-hydrogen) atoms. The van der Waals surface area contributed by atoms with Gasteiger partial charge in [0.15, 0.2) is 0 Å². The van der Waals surface area contributed by atoms with E-state index >= 15 is 0 Å². The molecule has 3 N–H and O–H groups in total. The number of nitrogens with zero attached hydrogens (tertiary/aromatic N) is 2. The Bertz CT molecular complexity index is 682. The van der Waals surface area contributed by atoms with Crippen LogP contribution in [0.15, 0.2) is 23.6 Å². The van der Waals surface area contributed by atoms with Gasteiger partial charge < -0.3 is 16.0 Å². The molecule has 0 radical (unpaired) electrons. The molecular formula is C15H17FN4OS. The maximum atomic E-state index is 14.2. The lowest BCUT2D eigenvalue weighted by Crippen LogP contribution is -2.22. The molecule has 1 aromatic heterocycles. The van der Waals surface area contributed by atoms with E-state index in [1.54, 1.807) is 11.4 Å². The molecule has 0 atom stereocenters. The van der Waals surface area contributed by atoms with Gasteiger partial charge in [-0.2, -0.15) is 0 Å². The van der Waals surface area contributed by atoms with Crippen molar-refractivity contribution < 1.29 is 9.18 Å². The number of carbonyl (C=O) groups excluding carboxylic acids is 1. The van der Waals surface area contributed by atoms with E-state index in [-0.39, 0.29) is 17.9 Å². The number of nitrogens with two attached hydrogens (primary N) is 1. The lowest BCUT2D eigenvalue weighted by atomic mass is 10.2. The molecule has 0 saturated carbocycles. The third-order valence-electron chi connectivity index (χ3n) is 3.64. The Morgan fingerprint density at radius 3 is 2.86 bits per heavy atom. The van der Waals surface area contributed by atoms with E-state index in [0.29, 0.717) is 5.01 Å². The number of para-hydroxylation sites is 1. The van der Waals surface area contributed by atoms with Gasteiger partial charge in [-0.25, -0.2) is 9.37 Å². The number of rotatable bonds is 4. The molecule has 0 unspecified atom stereocenters. The smallest absolute Gasteiger partial charge is 0.275 e. The first-order valence-electron chi connectivity index (χ1n) is 7.18. The number of aromatic nitrogens is 1. The summed E-state index contributed by atoms with van der Waals surface area (Å²) < 4.78 is 14.2. The summed E-state index contributed by atoms with van der Waals surface area (Å²) in [5.74, 6) is -0.853. The highest BCUT2D eigenvalue weighted by Crippen LogP contribution is 2.31. The summed E-state index contributed by atoms with van der Waals surface area (Å²) in [7, 11) is 0. The lowest BCUT2D eigenvalue weighted by Gasteiger charge is -2.21. The summed E-state index contributed by atoms with van der Waals surface area (Å²) in [6.45, 7) is 2.04. The summed E-state index contributed by atoms with van der Waals surface area (Å²) in [5, 5.41) is 4.97. The average molecular weight is 320 g/mol. The van der Waals surface area contributed by atoms with Gasteiger partial charge in [-0.05, 0) is 25.0 Å². The quantitative estimate of drug-likeness (QED) is 0.908. The highest BCUT2D eigenvalue weighted by atomic mass is 32.1. The van der Waals surface area contributed by atoms with Crippen molar-refractivity contribution in [3.05, 3.63) is 40.1 Å². The van der Waals surface area contributed by atoms with Crippen molar-refractivity contribution in [1.29, 1.82) is 0 Å². The predicted molar refractivity (Wildman–Crippen MR) is 85.8 cm³/mol. The van der Waals surface area contributed by atoms with Crippen LogP contribution in [0.4, 0.5) is 15.8 Å². The van der Waals surface area contributed by atoms with E-state index in [2.05, 4.69) is 15.2 Å². The van der Waals surface area contributed by atoms with E-state index in [0.717, 1.165) is 31.6 Å². The zero-order chi connectivity index (χ0) is 15.5. The van der Waals surface area contributed by atoms with Gasteiger partial charge >= 0.3 is 0 Å². The van der Waals surface area contributed by atoms with Gasteiger partial charge in [-0.3, -0.25) is 4.79 Å². The average Bonchev–Trinajstić information content (AvgIpc) is 3.20. The largest absolute Gasteiger partial charge is 0.370 e. The van der Waals surface area contributed by atoms with Crippen LogP contribution in [0, 0.1) is 5.82 Å². The Labute approximate surface area is 132 Å². The summed E-state index contributed by atoms with van der Waals surface area (Å²) in [4.78, 5) is 18.5. The third-order valence-corrected chi connectivity index (χ3v) is 4.51. The first-order chi connectivity index (χ1) is 10.7. The molecule has 1 aliphatic rings. The molecule has 1 aromatic carbocycles. The number of hydrogen-bond acceptors (Lipinski definition) is 5. The van der Waals surface area contributed by atoms with Gasteiger partial charge in [0.2, 0.25) is 0 Å². The van der Waals surface area contributed by atoms with Crippen molar-refractivity contribution in [1.82, 2.24) is 4.98 Å². The Hall–Kier alpha value is -1.99. The van der Waals surface area contributed by atoms with Crippen LogP contribution in [0.5, 0.6) is 0 Å². The first-order valence-corrected chi connectivity index (χ1v) is 8.06. The van der Waals surface area contributed by atoms with Crippen LogP contribution < -0.4 is 16.0 Å². The van der Waals surface area contributed by atoms with Crippen LogP contribution >= 0.6 is 11.3 Å². The van der Waals surface area contributed by atoms with Crippen molar-refractivity contribution in [3.63, 3.8) is 0 Å². The van der Waals surface area contributed by atoms with Gasteiger partial charge in [0.25, 0.3) is 5.91 Å². The molecule has 2 heterocycles. The molecule has 2 aromatic rings. The number of hydrogen-bond donors (Lipinski definition) is 2. The molecule has 0 spiro atoms. The van der Waals surface area contributed by atoms with Crippen LogP contribution in [0.3, 0.4) is 0 Å². The molecule has 3 rings (SSSR count). The summed E-state index contributed by atoms with van der Waals surface area (Å²) in [6.07, 6.45) is 2.16. The minimum atomic E-state index is -0.438. The standard InChI is InChI=1S/C15H17FN4OS/c16-10-4-3-5-12(20-6-1-2-7-20)14(10)19-15(21)11-9-22-13(8-17)18-11/h3-5,9H,1-2,6-8,17H2,(H,19,21). The molecule has 116 valence electrons. The Kier molecular flexibility index (Phi) is 4.35. The molecule has 1 aliphatic heterocycles. The molecule has 1 saturated heterocycles. The van der Waals surface area contributed by atoms with E-state index in [1.165, 1.54) is 17.4 Å². The maximum absolute atomic E-state index is 14.2. The summed E-state index contributed by atoms with van der Waals surface area (Å²) in [5.41, 5.74) is 6.70. The van der Waals surface area contributed by atoms with Crippen molar-refractivity contribution >= 4 is 28.6 Å². The van der Waals surface area contributed by atoms with E-state index in [1.807, 2.05) is 6.07 Å². The van der Waals surface area contributed by atoms with Crippen LogP contribution in [-0.2, 0) is 6.54 Å². The fourth-order valence-electron chi connectivity index (χ4n) is 2.54. The minimum absolute atomic E-state index is 0.219. The number of nitrogens with one attached hydrogen (secondary N) is 1. The second-order valence-corrected chi connectivity index (χ2v) is 6.06. The molecule has 0 bridgehead atoms. The number of thiazole rings is 1. The normalized spacial score (nSPS) is 14.4. The highest BCUT2D eigenvalue weighted by Gasteiger charge is 2.20. The zero-order valence-corrected chi connectivity index (χ0v) is 12.8. The Balaban J connectivity index is 1.86. The van der Waals surface area contributed by atoms with Crippen LogP contribution in [0.25, 0.3) is 0 Å². The van der Waals surface area contributed by atoms with Crippen LogP contribution in [0.2, 0.25) is 0 Å². The molecule has 1 fully saturated rings. The van der Waals surface area contributed by atoms with Crippen LogP contribution in [0.1, 0.15) is 28.3 Å². The number of anilines is 2. The molecule has 0 aliphatic carbocycles. The van der Waals surface area contributed by atoms with Crippen molar-refractivity contribution in [2.45, 2.75) is 19.4 Å². The molecule has 7 heteroatoms. The second kappa shape index (κ2) is 6.41.